The minimum absolute atomic E-state index is 0.0659. The van der Waals surface area contributed by atoms with Gasteiger partial charge in [-0.3, -0.25) is 4.79 Å². The summed E-state index contributed by atoms with van der Waals surface area (Å²) < 4.78 is 0. The van der Waals surface area contributed by atoms with Gasteiger partial charge in [0, 0.05) is 6.54 Å². The quantitative estimate of drug-likeness (QED) is 0.785. The summed E-state index contributed by atoms with van der Waals surface area (Å²) >= 11 is 0. The maximum absolute atomic E-state index is 12.0. The van der Waals surface area contributed by atoms with Gasteiger partial charge in [-0.05, 0) is 39.3 Å². The molecule has 0 aliphatic carbocycles. The molecule has 2 rings (SSSR count). The monoisotopic (exact) mass is 218 g/mol. The number of carbonyl (C=O) groups is 1. The lowest BCUT2D eigenvalue weighted by Gasteiger charge is -2.43. The van der Waals surface area contributed by atoms with E-state index in [4.69, 9.17) is 0 Å². The highest BCUT2D eigenvalue weighted by atomic mass is 16.2. The van der Waals surface area contributed by atoms with Gasteiger partial charge in [-0.25, -0.2) is 0 Å². The largest absolute Gasteiger partial charge is 0.356 e. The Morgan fingerprint density at radius 2 is 2.06 bits per heavy atom. The van der Waals surface area contributed by atoms with Crippen molar-refractivity contribution in [2.24, 2.45) is 0 Å². The Hall–Kier alpha value is -1.51. The van der Waals surface area contributed by atoms with Gasteiger partial charge in [-0.2, -0.15) is 0 Å². The van der Waals surface area contributed by atoms with Crippen molar-refractivity contribution in [1.82, 2.24) is 0 Å². The maximum atomic E-state index is 12.0. The Morgan fingerprint density at radius 3 is 2.69 bits per heavy atom. The Bertz CT molecular complexity index is 438. The van der Waals surface area contributed by atoms with E-state index in [1.165, 1.54) is 0 Å². The van der Waals surface area contributed by atoms with Crippen LogP contribution in [-0.2, 0) is 4.79 Å². The molecule has 0 saturated carbocycles. The van der Waals surface area contributed by atoms with Crippen LogP contribution in [0.3, 0.4) is 0 Å². The molecule has 0 bridgehead atoms. The minimum Gasteiger partial charge on any atom is -0.356 e. The summed E-state index contributed by atoms with van der Waals surface area (Å²) in [5.74, 6) is 0.0659. The molecular weight excluding hydrogens is 200 g/mol. The molecule has 1 aromatic carbocycles. The van der Waals surface area contributed by atoms with Gasteiger partial charge in [0.25, 0.3) is 0 Å². The van der Waals surface area contributed by atoms with Crippen LogP contribution in [0.5, 0.6) is 0 Å². The van der Waals surface area contributed by atoms with Gasteiger partial charge in [0.2, 0.25) is 5.91 Å². The van der Waals surface area contributed by atoms with E-state index in [9.17, 15) is 4.79 Å². The second kappa shape index (κ2) is 3.51. The maximum Gasteiger partial charge on any atom is 0.249 e. The number of para-hydroxylation sites is 1. The molecule has 1 aromatic rings. The van der Waals surface area contributed by atoms with Crippen molar-refractivity contribution in [3.63, 3.8) is 0 Å². The number of amides is 1. The molecule has 1 aliphatic heterocycles. The van der Waals surface area contributed by atoms with E-state index in [0.717, 1.165) is 23.5 Å². The molecule has 0 saturated heterocycles. The summed E-state index contributed by atoms with van der Waals surface area (Å²) in [5.41, 5.74) is 2.70. The molecule has 0 radical (unpaired) electrons. The number of rotatable bonds is 1. The van der Waals surface area contributed by atoms with Crippen LogP contribution < -0.4 is 10.2 Å². The standard InChI is InChI=1S/C13H18N2O/c1-5-15-10-8-6-7-9(2)11(10)14-12(16)13(15,3)4/h6-8H,5H2,1-4H3,(H,14,16). The van der Waals surface area contributed by atoms with Crippen molar-refractivity contribution in [2.75, 3.05) is 16.8 Å². The zero-order valence-corrected chi connectivity index (χ0v) is 10.3. The fraction of sp³-hybridized carbons (Fsp3) is 0.462. The zero-order valence-electron chi connectivity index (χ0n) is 10.3. The lowest BCUT2D eigenvalue weighted by atomic mass is 9.95. The average molecular weight is 218 g/mol. The fourth-order valence-corrected chi connectivity index (χ4v) is 2.30. The van der Waals surface area contributed by atoms with Gasteiger partial charge in [-0.1, -0.05) is 12.1 Å². The second-order valence-electron chi connectivity index (χ2n) is 4.73. The molecule has 0 unspecified atom stereocenters. The van der Waals surface area contributed by atoms with Gasteiger partial charge in [0.05, 0.1) is 11.4 Å². The van der Waals surface area contributed by atoms with Crippen LogP contribution in [-0.4, -0.2) is 18.0 Å². The molecule has 0 aromatic heterocycles. The molecule has 3 nitrogen and oxygen atoms in total. The first-order valence-corrected chi connectivity index (χ1v) is 5.67. The number of hydrogen-bond acceptors (Lipinski definition) is 2. The lowest BCUT2D eigenvalue weighted by molar-refractivity contribution is -0.120. The normalized spacial score (nSPS) is 18.0. The number of fused-ring (bicyclic) bond motifs is 1. The van der Waals surface area contributed by atoms with E-state index in [1.807, 2.05) is 32.9 Å². The number of carbonyl (C=O) groups excluding carboxylic acids is 1. The summed E-state index contributed by atoms with van der Waals surface area (Å²) in [7, 11) is 0. The van der Waals surface area contributed by atoms with Gasteiger partial charge < -0.3 is 10.2 Å². The van der Waals surface area contributed by atoms with Crippen molar-refractivity contribution >= 4 is 17.3 Å². The van der Waals surface area contributed by atoms with E-state index >= 15 is 0 Å². The Balaban J connectivity index is 2.61. The fourth-order valence-electron chi connectivity index (χ4n) is 2.30. The molecule has 1 amide bonds. The van der Waals surface area contributed by atoms with E-state index in [1.54, 1.807) is 0 Å². The van der Waals surface area contributed by atoms with E-state index < -0.39 is 5.54 Å². The molecule has 0 spiro atoms. The highest BCUT2D eigenvalue weighted by molar-refractivity contribution is 6.06. The van der Waals surface area contributed by atoms with Crippen molar-refractivity contribution < 1.29 is 4.79 Å². The van der Waals surface area contributed by atoms with Crippen molar-refractivity contribution in [2.45, 2.75) is 33.2 Å². The molecule has 0 atom stereocenters. The first-order valence-electron chi connectivity index (χ1n) is 5.67. The molecule has 1 N–H and O–H groups in total. The third-order valence-corrected chi connectivity index (χ3v) is 3.33. The smallest absolute Gasteiger partial charge is 0.249 e. The summed E-state index contributed by atoms with van der Waals surface area (Å²) in [6, 6.07) is 6.11. The molecule has 0 fully saturated rings. The average Bonchev–Trinajstić information content (AvgIpc) is 2.21. The summed E-state index contributed by atoms with van der Waals surface area (Å²) in [6.07, 6.45) is 0. The van der Waals surface area contributed by atoms with Crippen LogP contribution in [0, 0.1) is 6.92 Å². The van der Waals surface area contributed by atoms with Gasteiger partial charge in [0.15, 0.2) is 0 Å². The van der Waals surface area contributed by atoms with Gasteiger partial charge in [0.1, 0.15) is 5.54 Å². The van der Waals surface area contributed by atoms with Gasteiger partial charge in [-0.15, -0.1) is 0 Å². The number of benzene rings is 1. The number of aryl methyl sites for hydroxylation is 1. The van der Waals surface area contributed by atoms with Crippen LogP contribution in [0.15, 0.2) is 18.2 Å². The summed E-state index contributed by atoms with van der Waals surface area (Å²) in [5, 5.41) is 3.00. The Labute approximate surface area is 96.5 Å². The third-order valence-electron chi connectivity index (χ3n) is 3.33. The molecule has 3 heteroatoms. The van der Waals surface area contributed by atoms with Crippen molar-refractivity contribution in [3.8, 4) is 0 Å². The molecular formula is C13H18N2O. The highest BCUT2D eigenvalue weighted by Gasteiger charge is 2.39. The highest BCUT2D eigenvalue weighted by Crippen LogP contribution is 2.38. The predicted molar refractivity (Wildman–Crippen MR) is 66.9 cm³/mol. The number of likely N-dealkylation sites (N-methyl/N-ethyl adjacent to an activating group) is 1. The van der Waals surface area contributed by atoms with Gasteiger partial charge >= 0.3 is 0 Å². The molecule has 86 valence electrons. The predicted octanol–water partition coefficient (Wildman–Crippen LogP) is 2.55. The SMILES string of the molecule is CCN1c2cccc(C)c2NC(=O)C1(C)C. The number of nitrogens with zero attached hydrogens (tertiary/aromatic N) is 1. The first kappa shape index (κ1) is 11.0. The Morgan fingerprint density at radius 1 is 1.38 bits per heavy atom. The van der Waals surface area contributed by atoms with Crippen LogP contribution >= 0.6 is 0 Å². The van der Waals surface area contributed by atoms with Crippen LogP contribution in [0.4, 0.5) is 11.4 Å². The number of nitrogens with one attached hydrogen (secondary N) is 1. The summed E-state index contributed by atoms with van der Waals surface area (Å²) in [6.45, 7) is 8.84. The molecule has 16 heavy (non-hydrogen) atoms. The number of hydrogen-bond donors (Lipinski definition) is 1. The Kier molecular flexibility index (Phi) is 2.41. The van der Waals surface area contributed by atoms with Crippen LogP contribution in [0.2, 0.25) is 0 Å². The van der Waals surface area contributed by atoms with Crippen molar-refractivity contribution in [1.29, 1.82) is 0 Å². The molecule has 1 aliphatic rings. The lowest BCUT2D eigenvalue weighted by Crippen LogP contribution is -2.56. The van der Waals surface area contributed by atoms with Crippen LogP contribution in [0.25, 0.3) is 0 Å². The first-order chi connectivity index (χ1) is 7.48. The second-order valence-corrected chi connectivity index (χ2v) is 4.73. The molecule has 1 heterocycles. The topological polar surface area (TPSA) is 32.3 Å². The van der Waals surface area contributed by atoms with Crippen molar-refractivity contribution in [3.05, 3.63) is 23.8 Å². The zero-order chi connectivity index (χ0) is 11.9. The van der Waals surface area contributed by atoms with E-state index in [-0.39, 0.29) is 5.91 Å². The summed E-state index contributed by atoms with van der Waals surface area (Å²) in [4.78, 5) is 14.2. The minimum atomic E-state index is -0.477. The van der Waals surface area contributed by atoms with E-state index in [0.29, 0.717) is 0 Å². The van der Waals surface area contributed by atoms with E-state index in [2.05, 4.69) is 23.2 Å². The number of anilines is 2. The third kappa shape index (κ3) is 1.39. The van der Waals surface area contributed by atoms with Crippen LogP contribution in [0.1, 0.15) is 26.3 Å².